The van der Waals surface area contributed by atoms with Crippen LogP contribution in [0, 0.1) is 10.1 Å². The van der Waals surface area contributed by atoms with E-state index in [4.69, 9.17) is 0 Å². The van der Waals surface area contributed by atoms with Gasteiger partial charge in [-0.2, -0.15) is 0 Å². The molecule has 1 amide bonds. The highest BCUT2D eigenvalue weighted by atomic mass is 16.6. The molecule has 0 bridgehead atoms. The van der Waals surface area contributed by atoms with Gasteiger partial charge >= 0.3 is 5.97 Å². The average Bonchev–Trinajstić information content (AvgIpc) is 2.67. The lowest BCUT2D eigenvalue weighted by Gasteiger charge is -2.08. The molecule has 2 aromatic carbocycles. The molecule has 27 heavy (non-hydrogen) atoms. The summed E-state index contributed by atoms with van der Waals surface area (Å²) in [6, 6.07) is 10.8. The summed E-state index contributed by atoms with van der Waals surface area (Å²) in [6.45, 7) is 0. The normalized spacial score (nSPS) is 9.96. The molecular weight excluding hydrogens is 356 g/mol. The van der Waals surface area contributed by atoms with Gasteiger partial charge in [-0.25, -0.2) is 4.79 Å². The Labute approximate surface area is 153 Å². The smallest absolute Gasteiger partial charge is 0.339 e. The molecule has 0 aliphatic carbocycles. The van der Waals surface area contributed by atoms with Crippen LogP contribution in [-0.2, 0) is 14.3 Å². The van der Waals surface area contributed by atoms with E-state index in [0.717, 1.165) is 6.07 Å². The van der Waals surface area contributed by atoms with E-state index in [9.17, 15) is 29.3 Å². The summed E-state index contributed by atoms with van der Waals surface area (Å²) in [5.41, 5.74) is -0.248. The van der Waals surface area contributed by atoms with E-state index >= 15 is 0 Å². The fourth-order valence-corrected chi connectivity index (χ4v) is 2.19. The number of ether oxygens (including phenoxy) is 1. The van der Waals surface area contributed by atoms with Gasteiger partial charge in [0.25, 0.3) is 11.6 Å². The van der Waals surface area contributed by atoms with E-state index in [-0.39, 0.29) is 22.5 Å². The Kier molecular flexibility index (Phi) is 6.10. The number of carbonyl (C=O) groups is 4. The molecule has 0 fully saturated rings. The Balaban J connectivity index is 2.09. The molecule has 9 heteroatoms. The van der Waals surface area contributed by atoms with Crippen LogP contribution in [-0.4, -0.2) is 35.5 Å². The van der Waals surface area contributed by atoms with Gasteiger partial charge in [0.2, 0.25) is 5.78 Å². The van der Waals surface area contributed by atoms with Gasteiger partial charge in [-0.1, -0.05) is 24.3 Å². The highest BCUT2D eigenvalue weighted by molar-refractivity contribution is 6.44. The van der Waals surface area contributed by atoms with E-state index < -0.39 is 34.8 Å². The Morgan fingerprint density at radius 1 is 1.07 bits per heavy atom. The van der Waals surface area contributed by atoms with Crippen molar-refractivity contribution in [2.45, 2.75) is 6.42 Å². The zero-order valence-corrected chi connectivity index (χ0v) is 14.1. The molecule has 0 radical (unpaired) electrons. The third-order valence-corrected chi connectivity index (χ3v) is 3.53. The number of rotatable bonds is 7. The van der Waals surface area contributed by atoms with Gasteiger partial charge in [-0.3, -0.25) is 24.5 Å². The molecule has 0 spiro atoms. The van der Waals surface area contributed by atoms with Crippen LogP contribution in [0.4, 0.5) is 11.4 Å². The van der Waals surface area contributed by atoms with E-state index in [2.05, 4.69) is 10.1 Å². The molecule has 0 aliphatic heterocycles. The number of nitrogens with zero attached hydrogens (tertiary/aromatic N) is 1. The van der Waals surface area contributed by atoms with Crippen LogP contribution >= 0.6 is 0 Å². The number of benzene rings is 2. The number of esters is 1. The Bertz CT molecular complexity index is 937. The first-order chi connectivity index (χ1) is 12.8. The first kappa shape index (κ1) is 19.4. The number of non-ortho nitro benzene ring substituents is 1. The summed E-state index contributed by atoms with van der Waals surface area (Å²) < 4.78 is 4.59. The zero-order valence-electron chi connectivity index (χ0n) is 14.1. The third kappa shape index (κ3) is 4.82. The highest BCUT2D eigenvalue weighted by Gasteiger charge is 2.22. The number of nitro benzene ring substituents is 1. The molecule has 0 aromatic heterocycles. The quantitative estimate of drug-likeness (QED) is 0.197. The Hall–Kier alpha value is -3.88. The predicted molar refractivity (Wildman–Crippen MR) is 93.5 cm³/mol. The molecule has 0 unspecified atom stereocenters. The van der Waals surface area contributed by atoms with Crippen LogP contribution in [0.3, 0.4) is 0 Å². The van der Waals surface area contributed by atoms with Crippen molar-refractivity contribution >= 4 is 34.8 Å². The van der Waals surface area contributed by atoms with Crippen molar-refractivity contribution in [2.24, 2.45) is 0 Å². The molecular formula is C18H14N2O7. The van der Waals surface area contributed by atoms with Gasteiger partial charge in [0.1, 0.15) is 0 Å². The molecule has 2 rings (SSSR count). The van der Waals surface area contributed by atoms with Crippen LogP contribution in [0.5, 0.6) is 0 Å². The van der Waals surface area contributed by atoms with Gasteiger partial charge in [-0.15, -0.1) is 0 Å². The number of amides is 1. The lowest BCUT2D eigenvalue weighted by molar-refractivity contribution is -0.384. The maximum absolute atomic E-state index is 12.1. The fourth-order valence-electron chi connectivity index (χ4n) is 2.19. The lowest BCUT2D eigenvalue weighted by atomic mass is 10.0. The SMILES string of the molecule is COC(=O)c1ccccc1NC(=O)C(=O)CC(=O)c1cccc([N+](=O)[O-])c1. The van der Waals surface area contributed by atoms with Crippen molar-refractivity contribution in [1.29, 1.82) is 0 Å². The Morgan fingerprint density at radius 2 is 1.78 bits per heavy atom. The van der Waals surface area contributed by atoms with Gasteiger partial charge in [0.15, 0.2) is 5.78 Å². The summed E-state index contributed by atoms with van der Waals surface area (Å²) >= 11 is 0. The number of nitrogens with one attached hydrogen (secondary N) is 1. The van der Waals surface area contributed by atoms with Crippen molar-refractivity contribution in [2.75, 3.05) is 12.4 Å². The van der Waals surface area contributed by atoms with Gasteiger partial charge in [0.05, 0.1) is 29.7 Å². The highest BCUT2D eigenvalue weighted by Crippen LogP contribution is 2.17. The molecule has 0 heterocycles. The van der Waals surface area contributed by atoms with E-state index in [0.29, 0.717) is 0 Å². The number of para-hydroxylation sites is 1. The maximum Gasteiger partial charge on any atom is 0.339 e. The summed E-state index contributed by atoms with van der Waals surface area (Å²) in [5, 5.41) is 13.0. The maximum atomic E-state index is 12.1. The van der Waals surface area contributed by atoms with E-state index in [1.807, 2.05) is 0 Å². The first-order valence-electron chi connectivity index (χ1n) is 7.62. The minimum Gasteiger partial charge on any atom is -0.465 e. The number of methoxy groups -OCH3 is 1. The van der Waals surface area contributed by atoms with Gasteiger partial charge < -0.3 is 10.1 Å². The number of ketones is 2. The second kappa shape index (κ2) is 8.48. The van der Waals surface area contributed by atoms with E-state index in [1.54, 1.807) is 12.1 Å². The topological polar surface area (TPSA) is 133 Å². The summed E-state index contributed by atoms with van der Waals surface area (Å²) in [6.07, 6.45) is -0.770. The number of carbonyl (C=O) groups excluding carboxylic acids is 4. The number of anilines is 1. The summed E-state index contributed by atoms with van der Waals surface area (Å²) in [7, 11) is 1.17. The lowest BCUT2D eigenvalue weighted by Crippen LogP contribution is -2.26. The number of nitro groups is 1. The van der Waals surface area contributed by atoms with Crippen molar-refractivity contribution < 1.29 is 28.8 Å². The van der Waals surface area contributed by atoms with Crippen LogP contribution in [0.1, 0.15) is 27.1 Å². The molecule has 0 aliphatic rings. The van der Waals surface area contributed by atoms with Crippen molar-refractivity contribution in [3.63, 3.8) is 0 Å². The monoisotopic (exact) mass is 370 g/mol. The standard InChI is InChI=1S/C18H14N2O7/c1-27-18(24)13-7-2-3-8-14(13)19-17(23)16(22)10-15(21)11-5-4-6-12(9-11)20(25)26/h2-9H,10H2,1H3,(H,19,23). The van der Waals surface area contributed by atoms with Crippen LogP contribution in [0.15, 0.2) is 48.5 Å². The number of hydrogen-bond donors (Lipinski definition) is 1. The minimum atomic E-state index is -1.09. The van der Waals surface area contributed by atoms with Crippen LogP contribution < -0.4 is 5.32 Å². The molecule has 138 valence electrons. The average molecular weight is 370 g/mol. The third-order valence-electron chi connectivity index (χ3n) is 3.53. The zero-order chi connectivity index (χ0) is 20.0. The molecule has 1 N–H and O–H groups in total. The Morgan fingerprint density at radius 3 is 2.44 bits per heavy atom. The minimum absolute atomic E-state index is 0.0474. The van der Waals surface area contributed by atoms with Gasteiger partial charge in [0, 0.05) is 17.7 Å². The van der Waals surface area contributed by atoms with Gasteiger partial charge in [-0.05, 0) is 12.1 Å². The van der Waals surface area contributed by atoms with Crippen molar-refractivity contribution in [3.8, 4) is 0 Å². The second-order valence-electron chi connectivity index (χ2n) is 5.32. The largest absolute Gasteiger partial charge is 0.465 e. The summed E-state index contributed by atoms with van der Waals surface area (Å²) in [4.78, 5) is 57.9. The summed E-state index contributed by atoms with van der Waals surface area (Å²) in [5.74, 6) is -3.58. The van der Waals surface area contributed by atoms with E-state index in [1.165, 1.54) is 37.4 Å². The molecule has 9 nitrogen and oxygen atoms in total. The van der Waals surface area contributed by atoms with Crippen LogP contribution in [0.25, 0.3) is 0 Å². The van der Waals surface area contributed by atoms with Crippen molar-refractivity contribution in [1.82, 2.24) is 0 Å². The number of Topliss-reactive ketones (excluding diaryl/α,β-unsaturated/α-hetero) is 2. The second-order valence-corrected chi connectivity index (χ2v) is 5.32. The van der Waals surface area contributed by atoms with Crippen molar-refractivity contribution in [3.05, 3.63) is 69.8 Å². The molecule has 0 atom stereocenters. The predicted octanol–water partition coefficient (Wildman–Crippen LogP) is 2.16. The number of hydrogen-bond acceptors (Lipinski definition) is 7. The molecule has 2 aromatic rings. The molecule has 0 saturated heterocycles. The molecule has 0 saturated carbocycles. The fraction of sp³-hybridized carbons (Fsp3) is 0.111. The van der Waals surface area contributed by atoms with Crippen LogP contribution in [0.2, 0.25) is 0 Å². The first-order valence-corrected chi connectivity index (χ1v) is 7.62.